The van der Waals surface area contributed by atoms with Crippen LogP contribution in [0.4, 0.5) is 11.4 Å². The van der Waals surface area contributed by atoms with Gasteiger partial charge in [-0.15, -0.1) is 0 Å². The van der Waals surface area contributed by atoms with E-state index in [-0.39, 0.29) is 36.7 Å². The van der Waals surface area contributed by atoms with E-state index in [2.05, 4.69) is 5.32 Å². The number of benzene rings is 2. The van der Waals surface area contributed by atoms with Crippen molar-refractivity contribution >= 4 is 40.7 Å². The standard InChI is InChI=1S/C22H24ClN3O4/c1-14-12-20(27)24-18-6-4-5-7-19(18)26(14)21(28)13-25(3)22(29)15(2)30-17-10-8-16(23)9-11-17/h4-11,14-15H,12-13H2,1-3H3,(H,24,27)/t14-,15+/m0/s1. The van der Waals surface area contributed by atoms with E-state index in [0.717, 1.165) is 0 Å². The molecular weight excluding hydrogens is 406 g/mol. The highest BCUT2D eigenvalue weighted by atomic mass is 35.5. The van der Waals surface area contributed by atoms with Crippen molar-refractivity contribution in [2.24, 2.45) is 0 Å². The first-order valence-electron chi connectivity index (χ1n) is 9.64. The first kappa shape index (κ1) is 21.6. The monoisotopic (exact) mass is 429 g/mol. The summed E-state index contributed by atoms with van der Waals surface area (Å²) in [5.41, 5.74) is 1.20. The molecule has 3 amide bonds. The number of para-hydroxylation sites is 2. The molecule has 1 N–H and O–H groups in total. The molecule has 1 aliphatic rings. The lowest BCUT2D eigenvalue weighted by molar-refractivity contribution is -0.139. The Morgan fingerprint density at radius 1 is 1.23 bits per heavy atom. The quantitative estimate of drug-likeness (QED) is 0.790. The molecule has 2 aromatic carbocycles. The zero-order chi connectivity index (χ0) is 21.8. The molecule has 7 nitrogen and oxygen atoms in total. The number of nitrogens with one attached hydrogen (secondary N) is 1. The van der Waals surface area contributed by atoms with E-state index in [4.69, 9.17) is 16.3 Å². The van der Waals surface area contributed by atoms with Crippen molar-refractivity contribution in [3.05, 3.63) is 53.6 Å². The van der Waals surface area contributed by atoms with Crippen LogP contribution >= 0.6 is 11.6 Å². The van der Waals surface area contributed by atoms with Gasteiger partial charge in [-0.1, -0.05) is 23.7 Å². The van der Waals surface area contributed by atoms with Crippen LogP contribution in [0.3, 0.4) is 0 Å². The van der Waals surface area contributed by atoms with Crippen LogP contribution in [0.5, 0.6) is 5.75 Å². The van der Waals surface area contributed by atoms with Gasteiger partial charge in [0, 0.05) is 24.5 Å². The fourth-order valence-electron chi connectivity index (χ4n) is 3.40. The van der Waals surface area contributed by atoms with E-state index in [9.17, 15) is 14.4 Å². The number of rotatable bonds is 5. The van der Waals surface area contributed by atoms with Crippen molar-refractivity contribution in [1.82, 2.24) is 4.90 Å². The largest absolute Gasteiger partial charge is 0.481 e. The molecule has 2 atom stereocenters. The van der Waals surface area contributed by atoms with Gasteiger partial charge in [0.15, 0.2) is 6.10 Å². The number of carbonyl (C=O) groups is 3. The second kappa shape index (κ2) is 9.17. The summed E-state index contributed by atoms with van der Waals surface area (Å²) in [6.45, 7) is 3.30. The normalized spacial score (nSPS) is 16.7. The van der Waals surface area contributed by atoms with Crippen LogP contribution in [0.25, 0.3) is 0 Å². The van der Waals surface area contributed by atoms with Gasteiger partial charge in [0.25, 0.3) is 5.91 Å². The Hall–Kier alpha value is -3.06. The van der Waals surface area contributed by atoms with E-state index in [1.165, 1.54) is 4.90 Å². The maximum Gasteiger partial charge on any atom is 0.263 e. The molecule has 0 unspecified atom stereocenters. The molecule has 0 aromatic heterocycles. The highest BCUT2D eigenvalue weighted by Gasteiger charge is 2.31. The van der Waals surface area contributed by atoms with E-state index in [0.29, 0.717) is 22.1 Å². The minimum atomic E-state index is -0.777. The SMILES string of the molecule is C[C@@H](Oc1ccc(Cl)cc1)C(=O)N(C)CC(=O)N1c2ccccc2NC(=O)C[C@@H]1C. The van der Waals surface area contributed by atoms with Gasteiger partial charge >= 0.3 is 0 Å². The number of hydrogen-bond donors (Lipinski definition) is 1. The highest BCUT2D eigenvalue weighted by molar-refractivity contribution is 6.30. The summed E-state index contributed by atoms with van der Waals surface area (Å²) >= 11 is 5.86. The maximum absolute atomic E-state index is 13.1. The molecule has 0 radical (unpaired) electrons. The molecule has 0 saturated heterocycles. The lowest BCUT2D eigenvalue weighted by atomic mass is 10.1. The molecular formula is C22H24ClN3O4. The summed E-state index contributed by atoms with van der Waals surface area (Å²) in [5.74, 6) is -0.247. The van der Waals surface area contributed by atoms with Gasteiger partial charge in [0.05, 0.1) is 17.9 Å². The minimum absolute atomic E-state index is 0.139. The highest BCUT2D eigenvalue weighted by Crippen LogP contribution is 2.31. The number of halogens is 1. The molecule has 0 fully saturated rings. The van der Waals surface area contributed by atoms with Gasteiger partial charge in [-0.25, -0.2) is 0 Å². The predicted octanol–water partition coefficient (Wildman–Crippen LogP) is 3.33. The van der Waals surface area contributed by atoms with Crippen molar-refractivity contribution in [2.75, 3.05) is 23.8 Å². The molecule has 30 heavy (non-hydrogen) atoms. The Kier molecular flexibility index (Phi) is 6.62. The van der Waals surface area contributed by atoms with Crippen LogP contribution in [-0.4, -0.2) is 48.4 Å². The van der Waals surface area contributed by atoms with E-state index >= 15 is 0 Å². The molecule has 0 saturated carbocycles. The Balaban J connectivity index is 1.70. The molecule has 0 spiro atoms. The van der Waals surface area contributed by atoms with Gasteiger partial charge in [0.1, 0.15) is 5.75 Å². The zero-order valence-corrected chi connectivity index (χ0v) is 17.8. The number of fused-ring (bicyclic) bond motifs is 1. The lowest BCUT2D eigenvalue weighted by Gasteiger charge is -2.30. The second-order valence-corrected chi connectivity index (χ2v) is 7.73. The van der Waals surface area contributed by atoms with E-state index in [1.54, 1.807) is 67.4 Å². The Bertz CT molecular complexity index is 948. The Morgan fingerprint density at radius 2 is 1.90 bits per heavy atom. The number of ether oxygens (including phenoxy) is 1. The zero-order valence-electron chi connectivity index (χ0n) is 17.1. The molecule has 3 rings (SSSR count). The van der Waals surface area contributed by atoms with Crippen molar-refractivity contribution in [3.63, 3.8) is 0 Å². The third-order valence-corrected chi connectivity index (χ3v) is 5.10. The van der Waals surface area contributed by atoms with Crippen LogP contribution in [0.2, 0.25) is 5.02 Å². The average Bonchev–Trinajstić information content (AvgIpc) is 2.83. The number of amides is 3. The van der Waals surface area contributed by atoms with Crippen LogP contribution in [-0.2, 0) is 14.4 Å². The summed E-state index contributed by atoms with van der Waals surface area (Å²) in [6.07, 6.45) is -0.602. The van der Waals surface area contributed by atoms with E-state index in [1.807, 2.05) is 6.92 Å². The van der Waals surface area contributed by atoms with Gasteiger partial charge < -0.3 is 19.9 Å². The van der Waals surface area contributed by atoms with Crippen LogP contribution < -0.4 is 15.0 Å². The summed E-state index contributed by atoms with van der Waals surface area (Å²) in [6, 6.07) is 13.5. The molecule has 0 bridgehead atoms. The van der Waals surface area contributed by atoms with Crippen LogP contribution in [0.15, 0.2) is 48.5 Å². The van der Waals surface area contributed by atoms with Crippen LogP contribution in [0, 0.1) is 0 Å². The fraction of sp³-hybridized carbons (Fsp3) is 0.318. The van der Waals surface area contributed by atoms with Gasteiger partial charge in [0.2, 0.25) is 11.8 Å². The topological polar surface area (TPSA) is 79.0 Å². The van der Waals surface area contributed by atoms with Gasteiger partial charge in [-0.2, -0.15) is 0 Å². The lowest BCUT2D eigenvalue weighted by Crippen LogP contribution is -2.47. The van der Waals surface area contributed by atoms with Crippen LogP contribution in [0.1, 0.15) is 20.3 Å². The number of hydrogen-bond acceptors (Lipinski definition) is 4. The number of likely N-dealkylation sites (N-methyl/N-ethyl adjacent to an activating group) is 1. The molecule has 158 valence electrons. The number of anilines is 2. The van der Waals surface area contributed by atoms with E-state index < -0.39 is 6.10 Å². The smallest absolute Gasteiger partial charge is 0.263 e. The van der Waals surface area contributed by atoms with Gasteiger partial charge in [-0.05, 0) is 50.2 Å². The summed E-state index contributed by atoms with van der Waals surface area (Å²) in [4.78, 5) is 40.8. The third-order valence-electron chi connectivity index (χ3n) is 4.85. The molecule has 8 heteroatoms. The van der Waals surface area contributed by atoms with Crippen molar-refractivity contribution in [1.29, 1.82) is 0 Å². The average molecular weight is 430 g/mol. The number of nitrogens with zero attached hydrogens (tertiary/aromatic N) is 2. The first-order valence-corrected chi connectivity index (χ1v) is 10.0. The summed E-state index contributed by atoms with van der Waals surface area (Å²) in [7, 11) is 1.56. The predicted molar refractivity (Wildman–Crippen MR) is 116 cm³/mol. The summed E-state index contributed by atoms with van der Waals surface area (Å²) < 4.78 is 5.66. The third kappa shape index (κ3) is 4.91. The molecule has 1 aliphatic heterocycles. The molecule has 1 heterocycles. The molecule has 0 aliphatic carbocycles. The van der Waals surface area contributed by atoms with Gasteiger partial charge in [-0.3, -0.25) is 14.4 Å². The molecule has 2 aromatic rings. The van der Waals surface area contributed by atoms with Crippen molar-refractivity contribution < 1.29 is 19.1 Å². The maximum atomic E-state index is 13.1. The Morgan fingerprint density at radius 3 is 2.60 bits per heavy atom. The summed E-state index contributed by atoms with van der Waals surface area (Å²) in [5, 5.41) is 3.39. The van der Waals surface area contributed by atoms with Crippen molar-refractivity contribution in [3.8, 4) is 5.75 Å². The van der Waals surface area contributed by atoms with Crippen molar-refractivity contribution in [2.45, 2.75) is 32.4 Å². The minimum Gasteiger partial charge on any atom is -0.481 e. The Labute approximate surface area is 180 Å². The number of carbonyl (C=O) groups excluding carboxylic acids is 3. The first-order chi connectivity index (χ1) is 14.3. The second-order valence-electron chi connectivity index (χ2n) is 7.29. The fourth-order valence-corrected chi connectivity index (χ4v) is 3.53.